The number of phenols is 1. The Morgan fingerprint density at radius 3 is 2.44 bits per heavy atom. The molecule has 4 heteroatoms. The lowest BCUT2D eigenvalue weighted by Crippen LogP contribution is -2.02. The normalized spacial score (nSPS) is 10.9. The zero-order valence-corrected chi connectivity index (χ0v) is 15.1. The fourth-order valence-corrected chi connectivity index (χ4v) is 2.83. The molecule has 3 aromatic rings. The third-order valence-electron chi connectivity index (χ3n) is 4.23. The van der Waals surface area contributed by atoms with Crippen LogP contribution in [0.25, 0.3) is 11.5 Å². The van der Waals surface area contributed by atoms with Crippen molar-refractivity contribution in [3.8, 4) is 23.0 Å². The van der Waals surface area contributed by atoms with Crippen LogP contribution in [0.3, 0.4) is 0 Å². The van der Waals surface area contributed by atoms with Crippen molar-refractivity contribution >= 4 is 0 Å². The van der Waals surface area contributed by atoms with Crippen molar-refractivity contribution in [2.75, 3.05) is 6.61 Å². The van der Waals surface area contributed by atoms with E-state index in [1.165, 1.54) is 5.56 Å². The maximum Gasteiger partial charge on any atom is 0.226 e. The number of aromatic nitrogens is 1. The van der Waals surface area contributed by atoms with Gasteiger partial charge in [0.25, 0.3) is 0 Å². The van der Waals surface area contributed by atoms with Gasteiger partial charge in [-0.3, -0.25) is 0 Å². The first-order chi connectivity index (χ1) is 11.9. The summed E-state index contributed by atoms with van der Waals surface area (Å²) in [4.78, 5) is 4.61. The summed E-state index contributed by atoms with van der Waals surface area (Å²) in [6.07, 6.45) is 0.680. The lowest BCUT2D eigenvalue weighted by molar-refractivity contribution is 0.319. The van der Waals surface area contributed by atoms with Gasteiger partial charge in [-0.25, -0.2) is 4.98 Å². The van der Waals surface area contributed by atoms with E-state index in [0.29, 0.717) is 24.7 Å². The fourth-order valence-electron chi connectivity index (χ4n) is 2.83. The first-order valence-corrected chi connectivity index (χ1v) is 8.40. The summed E-state index contributed by atoms with van der Waals surface area (Å²) >= 11 is 0. The van der Waals surface area contributed by atoms with E-state index in [9.17, 15) is 5.11 Å². The van der Waals surface area contributed by atoms with Crippen LogP contribution in [0.4, 0.5) is 0 Å². The van der Waals surface area contributed by atoms with Crippen LogP contribution in [0.2, 0.25) is 0 Å². The van der Waals surface area contributed by atoms with Crippen LogP contribution in [-0.4, -0.2) is 16.7 Å². The van der Waals surface area contributed by atoms with Crippen LogP contribution >= 0.6 is 0 Å². The van der Waals surface area contributed by atoms with Gasteiger partial charge in [0.05, 0.1) is 12.3 Å². The van der Waals surface area contributed by atoms with Crippen molar-refractivity contribution in [1.82, 2.24) is 4.98 Å². The predicted molar refractivity (Wildman–Crippen MR) is 98.2 cm³/mol. The van der Waals surface area contributed by atoms with Crippen LogP contribution in [-0.2, 0) is 6.42 Å². The van der Waals surface area contributed by atoms with Gasteiger partial charge in [0, 0.05) is 12.0 Å². The average Bonchev–Trinajstić information content (AvgIpc) is 2.93. The quantitative estimate of drug-likeness (QED) is 0.719. The Balaban J connectivity index is 1.72. The summed E-state index contributed by atoms with van der Waals surface area (Å²) in [6.45, 7) is 8.25. The molecule has 3 rings (SSSR count). The fraction of sp³-hybridized carbons (Fsp3) is 0.286. The molecule has 0 fully saturated rings. The molecule has 0 radical (unpaired) electrons. The van der Waals surface area contributed by atoms with Crippen LogP contribution in [0.1, 0.15) is 28.1 Å². The SMILES string of the molecule is Cc1cccc(OCCc2nc(-c3cc(C)c(O)c(C)c3)oc2C)c1. The van der Waals surface area contributed by atoms with E-state index in [1.807, 2.05) is 64.1 Å². The van der Waals surface area contributed by atoms with E-state index in [4.69, 9.17) is 9.15 Å². The van der Waals surface area contributed by atoms with E-state index in [1.54, 1.807) is 0 Å². The number of oxazole rings is 1. The first-order valence-electron chi connectivity index (χ1n) is 8.40. The summed E-state index contributed by atoms with van der Waals surface area (Å²) in [5, 5.41) is 9.91. The Kier molecular flexibility index (Phi) is 4.79. The summed E-state index contributed by atoms with van der Waals surface area (Å²) < 4.78 is 11.6. The molecular formula is C21H23NO3. The Bertz CT molecular complexity index is 873. The number of hydrogen-bond acceptors (Lipinski definition) is 4. The minimum Gasteiger partial charge on any atom is -0.507 e. The maximum atomic E-state index is 9.91. The van der Waals surface area contributed by atoms with E-state index in [2.05, 4.69) is 4.98 Å². The Morgan fingerprint density at radius 1 is 1.04 bits per heavy atom. The van der Waals surface area contributed by atoms with Gasteiger partial charge in [0.15, 0.2) is 0 Å². The zero-order chi connectivity index (χ0) is 18.0. The second-order valence-corrected chi connectivity index (χ2v) is 6.40. The zero-order valence-electron chi connectivity index (χ0n) is 15.1. The highest BCUT2D eigenvalue weighted by Gasteiger charge is 2.14. The van der Waals surface area contributed by atoms with Gasteiger partial charge in [-0.2, -0.15) is 0 Å². The molecule has 0 unspecified atom stereocenters. The van der Waals surface area contributed by atoms with Gasteiger partial charge in [-0.15, -0.1) is 0 Å². The first kappa shape index (κ1) is 17.1. The number of ether oxygens (including phenoxy) is 1. The van der Waals surface area contributed by atoms with E-state index >= 15 is 0 Å². The topological polar surface area (TPSA) is 55.5 Å². The molecule has 1 aromatic heterocycles. The number of nitrogens with zero attached hydrogens (tertiary/aromatic N) is 1. The molecule has 25 heavy (non-hydrogen) atoms. The largest absolute Gasteiger partial charge is 0.507 e. The van der Waals surface area contributed by atoms with E-state index < -0.39 is 0 Å². The molecule has 0 atom stereocenters. The summed E-state index contributed by atoms with van der Waals surface area (Å²) in [5.74, 6) is 2.56. The molecule has 0 aliphatic carbocycles. The molecular weight excluding hydrogens is 314 g/mol. The van der Waals surface area contributed by atoms with E-state index in [0.717, 1.165) is 33.9 Å². The molecule has 4 nitrogen and oxygen atoms in total. The molecule has 0 aliphatic rings. The minimum atomic E-state index is 0.318. The number of aromatic hydroxyl groups is 1. The number of rotatable bonds is 5. The van der Waals surface area contributed by atoms with Gasteiger partial charge in [0.1, 0.15) is 17.3 Å². The molecule has 0 bridgehead atoms. The highest BCUT2D eigenvalue weighted by molar-refractivity contribution is 5.60. The maximum absolute atomic E-state index is 9.91. The molecule has 2 aromatic carbocycles. The van der Waals surface area contributed by atoms with Crippen molar-refractivity contribution in [2.24, 2.45) is 0 Å². The monoisotopic (exact) mass is 337 g/mol. The van der Waals surface area contributed by atoms with Crippen LogP contribution in [0.5, 0.6) is 11.5 Å². The van der Waals surface area contributed by atoms with Gasteiger partial charge in [-0.05, 0) is 68.7 Å². The number of aryl methyl sites for hydroxylation is 4. The molecule has 0 spiro atoms. The molecule has 0 amide bonds. The van der Waals surface area contributed by atoms with Crippen molar-refractivity contribution < 1.29 is 14.3 Å². The standard InChI is InChI=1S/C21H23NO3/c1-13-6-5-7-18(10-13)24-9-8-19-16(4)25-21(22-19)17-11-14(2)20(23)15(3)12-17/h5-7,10-12,23H,8-9H2,1-4H3. The van der Waals surface area contributed by atoms with Crippen LogP contribution in [0, 0.1) is 27.7 Å². The number of hydrogen-bond donors (Lipinski definition) is 1. The molecule has 130 valence electrons. The molecule has 1 N–H and O–H groups in total. The third kappa shape index (κ3) is 3.85. The molecule has 0 saturated carbocycles. The Hall–Kier alpha value is -2.75. The van der Waals surface area contributed by atoms with Gasteiger partial charge >= 0.3 is 0 Å². The summed E-state index contributed by atoms with van der Waals surface area (Å²) in [7, 11) is 0. The smallest absolute Gasteiger partial charge is 0.226 e. The molecule has 0 aliphatic heterocycles. The molecule has 1 heterocycles. The lowest BCUT2D eigenvalue weighted by atomic mass is 10.1. The van der Waals surface area contributed by atoms with Crippen LogP contribution in [0.15, 0.2) is 40.8 Å². The second kappa shape index (κ2) is 7.01. The van der Waals surface area contributed by atoms with Crippen molar-refractivity contribution in [3.05, 3.63) is 64.5 Å². The summed E-state index contributed by atoms with van der Waals surface area (Å²) in [6, 6.07) is 11.8. The lowest BCUT2D eigenvalue weighted by Gasteiger charge is -2.05. The number of phenolic OH excluding ortho intramolecular Hbond substituents is 1. The molecule has 0 saturated heterocycles. The average molecular weight is 337 g/mol. The highest BCUT2D eigenvalue weighted by atomic mass is 16.5. The van der Waals surface area contributed by atoms with Crippen molar-refractivity contribution in [3.63, 3.8) is 0 Å². The van der Waals surface area contributed by atoms with Crippen molar-refractivity contribution in [1.29, 1.82) is 0 Å². The Morgan fingerprint density at radius 2 is 1.76 bits per heavy atom. The van der Waals surface area contributed by atoms with Crippen LogP contribution < -0.4 is 4.74 Å². The van der Waals surface area contributed by atoms with E-state index in [-0.39, 0.29) is 0 Å². The van der Waals surface area contributed by atoms with Gasteiger partial charge in [0.2, 0.25) is 5.89 Å². The van der Waals surface area contributed by atoms with Gasteiger partial charge in [-0.1, -0.05) is 12.1 Å². The predicted octanol–water partition coefficient (Wildman–Crippen LogP) is 4.90. The second-order valence-electron chi connectivity index (χ2n) is 6.40. The number of benzene rings is 2. The highest BCUT2D eigenvalue weighted by Crippen LogP contribution is 2.29. The van der Waals surface area contributed by atoms with Crippen molar-refractivity contribution in [2.45, 2.75) is 34.1 Å². The summed E-state index contributed by atoms with van der Waals surface area (Å²) in [5.41, 5.74) is 4.58. The third-order valence-corrected chi connectivity index (χ3v) is 4.23. The minimum absolute atomic E-state index is 0.318. The Labute approximate surface area is 148 Å². The van der Waals surface area contributed by atoms with Gasteiger partial charge < -0.3 is 14.3 Å².